The Hall–Kier alpha value is -1.52. The largest absolute Gasteiger partial charge is 0.335 e. The number of anilines is 1. The van der Waals surface area contributed by atoms with Crippen LogP contribution in [0.25, 0.3) is 0 Å². The smallest absolute Gasteiger partial charge is 0.320 e. The van der Waals surface area contributed by atoms with Crippen molar-refractivity contribution in [2.45, 2.75) is 32.4 Å². The molecule has 0 atom stereocenters. The van der Waals surface area contributed by atoms with Crippen LogP contribution in [-0.4, -0.2) is 21.9 Å². The number of amides is 2. The lowest BCUT2D eigenvalue weighted by Crippen LogP contribution is -2.30. The summed E-state index contributed by atoms with van der Waals surface area (Å²) in [6.07, 6.45) is 4.03. The summed E-state index contributed by atoms with van der Waals surface area (Å²) in [7, 11) is 0. The number of hydrogen-bond acceptors (Lipinski definition) is 2. The zero-order valence-corrected chi connectivity index (χ0v) is 8.16. The molecular weight excluding hydrogens is 180 g/mol. The van der Waals surface area contributed by atoms with Crippen LogP contribution in [0.4, 0.5) is 10.6 Å². The van der Waals surface area contributed by atoms with Crippen LogP contribution in [0.2, 0.25) is 0 Å². The van der Waals surface area contributed by atoms with Crippen LogP contribution in [-0.2, 0) is 6.54 Å². The first-order chi connectivity index (χ1) is 6.78. The summed E-state index contributed by atoms with van der Waals surface area (Å²) in [6.45, 7) is 2.81. The van der Waals surface area contributed by atoms with Gasteiger partial charge in [-0.15, -0.1) is 0 Å². The van der Waals surface area contributed by atoms with Gasteiger partial charge in [0.05, 0.1) is 0 Å². The first-order valence-electron chi connectivity index (χ1n) is 4.89. The molecule has 0 aromatic carbocycles. The number of hydrogen-bond donors (Lipinski definition) is 2. The molecule has 2 amide bonds. The quantitative estimate of drug-likeness (QED) is 0.759. The highest BCUT2D eigenvalue weighted by Crippen LogP contribution is 2.18. The van der Waals surface area contributed by atoms with Crippen molar-refractivity contribution in [2.75, 3.05) is 5.32 Å². The van der Waals surface area contributed by atoms with Crippen molar-refractivity contribution in [3.8, 4) is 0 Å². The minimum atomic E-state index is -0.158. The van der Waals surface area contributed by atoms with Gasteiger partial charge in [0, 0.05) is 24.8 Å². The van der Waals surface area contributed by atoms with E-state index in [0.717, 1.165) is 19.4 Å². The molecule has 1 fully saturated rings. The van der Waals surface area contributed by atoms with Gasteiger partial charge >= 0.3 is 6.03 Å². The molecule has 0 radical (unpaired) electrons. The zero-order valence-electron chi connectivity index (χ0n) is 8.16. The summed E-state index contributed by atoms with van der Waals surface area (Å²) >= 11 is 0. The summed E-state index contributed by atoms with van der Waals surface area (Å²) < 4.78 is 1.77. The zero-order chi connectivity index (χ0) is 9.97. The van der Waals surface area contributed by atoms with Crippen LogP contribution in [0.5, 0.6) is 0 Å². The average molecular weight is 194 g/mol. The Kier molecular flexibility index (Phi) is 2.39. The van der Waals surface area contributed by atoms with E-state index in [0.29, 0.717) is 11.9 Å². The number of nitrogens with zero attached hydrogens (tertiary/aromatic N) is 2. The van der Waals surface area contributed by atoms with Gasteiger partial charge in [0.1, 0.15) is 0 Å². The van der Waals surface area contributed by atoms with E-state index in [9.17, 15) is 4.79 Å². The highest BCUT2D eigenvalue weighted by molar-refractivity contribution is 5.88. The minimum absolute atomic E-state index is 0.158. The fourth-order valence-corrected chi connectivity index (χ4v) is 1.17. The van der Waals surface area contributed by atoms with Crippen molar-refractivity contribution in [2.24, 2.45) is 0 Å². The number of carbonyl (C=O) groups excluding carboxylic acids is 1. The summed E-state index contributed by atoms with van der Waals surface area (Å²) in [5.41, 5.74) is 0. The lowest BCUT2D eigenvalue weighted by Gasteiger charge is -2.02. The van der Waals surface area contributed by atoms with Crippen molar-refractivity contribution in [3.05, 3.63) is 12.3 Å². The van der Waals surface area contributed by atoms with E-state index in [-0.39, 0.29) is 6.03 Å². The number of aryl methyl sites for hydroxylation is 1. The van der Waals surface area contributed by atoms with Gasteiger partial charge in [0.2, 0.25) is 0 Å². The van der Waals surface area contributed by atoms with Crippen LogP contribution in [0.15, 0.2) is 12.3 Å². The predicted molar refractivity (Wildman–Crippen MR) is 53.1 cm³/mol. The molecule has 2 N–H and O–H groups in total. The molecule has 76 valence electrons. The molecule has 5 nitrogen and oxygen atoms in total. The Morgan fingerprint density at radius 3 is 3.07 bits per heavy atom. The lowest BCUT2D eigenvalue weighted by atomic mass is 10.6. The Bertz CT molecular complexity index is 329. The third-order valence-electron chi connectivity index (χ3n) is 2.12. The van der Waals surface area contributed by atoms with Gasteiger partial charge in [0.15, 0.2) is 5.82 Å². The first-order valence-corrected chi connectivity index (χ1v) is 4.89. The maximum absolute atomic E-state index is 11.3. The minimum Gasteiger partial charge on any atom is -0.335 e. The molecule has 1 heterocycles. The Balaban J connectivity index is 1.85. The van der Waals surface area contributed by atoms with Gasteiger partial charge in [-0.25, -0.2) is 4.79 Å². The van der Waals surface area contributed by atoms with Gasteiger partial charge in [-0.05, 0) is 19.8 Å². The molecule has 0 saturated heterocycles. The van der Waals surface area contributed by atoms with E-state index in [1.54, 1.807) is 10.7 Å². The van der Waals surface area contributed by atoms with Crippen LogP contribution in [0.1, 0.15) is 19.8 Å². The van der Waals surface area contributed by atoms with Crippen LogP contribution >= 0.6 is 0 Å². The molecule has 1 aliphatic carbocycles. The summed E-state index contributed by atoms with van der Waals surface area (Å²) in [5, 5.41) is 9.66. The number of rotatable bonds is 3. The van der Waals surface area contributed by atoms with Gasteiger partial charge < -0.3 is 5.32 Å². The molecule has 1 aromatic rings. The maximum atomic E-state index is 11.3. The molecule has 0 unspecified atom stereocenters. The van der Waals surface area contributed by atoms with Crippen LogP contribution in [0, 0.1) is 0 Å². The molecule has 5 heteroatoms. The molecule has 2 rings (SSSR count). The van der Waals surface area contributed by atoms with Crippen molar-refractivity contribution >= 4 is 11.8 Å². The number of urea groups is 1. The van der Waals surface area contributed by atoms with Gasteiger partial charge in [-0.2, -0.15) is 5.10 Å². The molecule has 0 spiro atoms. The highest BCUT2D eigenvalue weighted by atomic mass is 16.2. The second-order valence-corrected chi connectivity index (χ2v) is 3.43. The lowest BCUT2D eigenvalue weighted by molar-refractivity contribution is 0.251. The molecule has 1 aromatic heterocycles. The Labute approximate surface area is 82.5 Å². The van der Waals surface area contributed by atoms with Crippen molar-refractivity contribution in [3.63, 3.8) is 0 Å². The summed E-state index contributed by atoms with van der Waals surface area (Å²) in [6, 6.07) is 2.01. The average Bonchev–Trinajstić information content (AvgIpc) is 2.83. The fraction of sp³-hybridized carbons (Fsp3) is 0.556. The number of aromatic nitrogens is 2. The molecule has 0 bridgehead atoms. The fourth-order valence-electron chi connectivity index (χ4n) is 1.17. The maximum Gasteiger partial charge on any atom is 0.320 e. The Morgan fingerprint density at radius 2 is 2.50 bits per heavy atom. The van der Waals surface area contributed by atoms with Gasteiger partial charge in [0.25, 0.3) is 0 Å². The number of carbonyl (C=O) groups is 1. The van der Waals surface area contributed by atoms with E-state index in [1.165, 1.54) is 0 Å². The predicted octanol–water partition coefficient (Wildman–Crippen LogP) is 1.19. The topological polar surface area (TPSA) is 59.0 Å². The third kappa shape index (κ3) is 2.25. The van der Waals surface area contributed by atoms with E-state index >= 15 is 0 Å². The SMILES string of the molecule is CCn1ccc(NC(=O)NC2CC2)n1. The van der Waals surface area contributed by atoms with Crippen LogP contribution < -0.4 is 10.6 Å². The van der Waals surface area contributed by atoms with Gasteiger partial charge in [-0.1, -0.05) is 0 Å². The molecular formula is C9H14N4O. The second kappa shape index (κ2) is 3.69. The monoisotopic (exact) mass is 194 g/mol. The standard InChI is InChI=1S/C9H14N4O/c1-2-13-6-5-8(12-13)11-9(14)10-7-3-4-7/h5-7H,2-4H2,1H3,(H2,10,11,12,14). The molecule has 1 aliphatic rings. The molecule has 14 heavy (non-hydrogen) atoms. The second-order valence-electron chi connectivity index (χ2n) is 3.43. The van der Waals surface area contributed by atoms with E-state index in [4.69, 9.17) is 0 Å². The normalized spacial score (nSPS) is 15.2. The third-order valence-corrected chi connectivity index (χ3v) is 2.12. The van der Waals surface area contributed by atoms with Crippen molar-refractivity contribution in [1.82, 2.24) is 15.1 Å². The van der Waals surface area contributed by atoms with E-state index < -0.39 is 0 Å². The van der Waals surface area contributed by atoms with Gasteiger partial charge in [-0.3, -0.25) is 10.00 Å². The van der Waals surface area contributed by atoms with E-state index in [1.807, 2.05) is 13.1 Å². The van der Waals surface area contributed by atoms with Crippen molar-refractivity contribution < 1.29 is 4.79 Å². The highest BCUT2D eigenvalue weighted by Gasteiger charge is 2.23. The molecule has 0 aliphatic heterocycles. The first kappa shape index (κ1) is 9.05. The van der Waals surface area contributed by atoms with Crippen LogP contribution in [0.3, 0.4) is 0 Å². The number of nitrogens with one attached hydrogen (secondary N) is 2. The summed E-state index contributed by atoms with van der Waals surface area (Å²) in [4.78, 5) is 11.3. The van der Waals surface area contributed by atoms with Crippen molar-refractivity contribution in [1.29, 1.82) is 0 Å². The Morgan fingerprint density at radius 1 is 1.71 bits per heavy atom. The molecule has 1 saturated carbocycles. The summed E-state index contributed by atoms with van der Waals surface area (Å²) in [5.74, 6) is 0.602. The van der Waals surface area contributed by atoms with E-state index in [2.05, 4.69) is 15.7 Å².